The lowest BCUT2D eigenvalue weighted by Gasteiger charge is -2.08. The van der Waals surface area contributed by atoms with Gasteiger partial charge in [-0.15, -0.1) is 0 Å². The molecule has 0 bridgehead atoms. The lowest BCUT2D eigenvalue weighted by Crippen LogP contribution is -2.04. The molecule has 118 valence electrons. The van der Waals surface area contributed by atoms with Crippen LogP contribution in [0.3, 0.4) is 0 Å². The summed E-state index contributed by atoms with van der Waals surface area (Å²) in [6, 6.07) is 11.7. The molecule has 0 unspecified atom stereocenters. The van der Waals surface area contributed by atoms with Gasteiger partial charge in [0.2, 0.25) is 0 Å². The number of nitro benzene ring substituents is 1. The fourth-order valence-corrected chi connectivity index (χ4v) is 2.15. The van der Waals surface area contributed by atoms with Crippen LogP contribution in [0.1, 0.15) is 11.1 Å². The van der Waals surface area contributed by atoms with Crippen LogP contribution >= 0.6 is 0 Å². The smallest absolute Gasteiger partial charge is 0.270 e. The molecule has 3 rings (SSSR count). The monoisotopic (exact) mass is 320 g/mol. The Bertz CT molecular complexity index is 897. The maximum Gasteiger partial charge on any atom is 0.270 e. The molecule has 0 spiro atoms. The Labute approximate surface area is 137 Å². The first-order chi connectivity index (χ1) is 11.7. The summed E-state index contributed by atoms with van der Waals surface area (Å²) in [5, 5.41) is 27.1. The first-order valence-electron chi connectivity index (χ1n) is 7.05. The number of rotatable bonds is 5. The molecule has 2 heterocycles. The Morgan fingerprint density at radius 3 is 2.83 bits per heavy atom. The van der Waals surface area contributed by atoms with Gasteiger partial charge in [0.1, 0.15) is 6.07 Å². The number of nitro groups is 1. The van der Waals surface area contributed by atoms with Gasteiger partial charge < -0.3 is 5.32 Å². The highest BCUT2D eigenvalue weighted by Gasteiger charge is 2.10. The molecular formula is C16H12N6O2. The fraction of sp³-hybridized carbons (Fsp3) is 0.0625. The van der Waals surface area contributed by atoms with Crippen LogP contribution in [-0.4, -0.2) is 19.7 Å². The van der Waals surface area contributed by atoms with Crippen molar-refractivity contribution in [1.82, 2.24) is 14.8 Å². The summed E-state index contributed by atoms with van der Waals surface area (Å²) in [6.45, 7) is 0.443. The topological polar surface area (TPSA) is 110 Å². The molecule has 8 heteroatoms. The second-order valence-corrected chi connectivity index (χ2v) is 4.93. The van der Waals surface area contributed by atoms with Gasteiger partial charge in [0, 0.05) is 37.3 Å². The van der Waals surface area contributed by atoms with Crippen molar-refractivity contribution >= 4 is 11.4 Å². The molecule has 0 saturated carbocycles. The lowest BCUT2D eigenvalue weighted by molar-refractivity contribution is -0.384. The van der Waals surface area contributed by atoms with Crippen LogP contribution in [0.5, 0.6) is 0 Å². The molecule has 1 aromatic carbocycles. The van der Waals surface area contributed by atoms with Crippen molar-refractivity contribution in [3.8, 4) is 11.9 Å². The number of hydrogen-bond donors (Lipinski definition) is 1. The summed E-state index contributed by atoms with van der Waals surface area (Å²) < 4.78 is 1.65. The minimum absolute atomic E-state index is 0.109. The maximum atomic E-state index is 10.7. The van der Waals surface area contributed by atoms with Crippen molar-refractivity contribution in [3.05, 3.63) is 76.2 Å². The SMILES string of the molecule is N#Cc1cc([N+](=O)[O-])ccc1NCc1ccc(-n2cccn2)nc1. The van der Waals surface area contributed by atoms with Crippen LogP contribution in [0.25, 0.3) is 5.82 Å². The molecule has 2 aromatic heterocycles. The summed E-state index contributed by atoms with van der Waals surface area (Å²) in [5.41, 5.74) is 1.57. The van der Waals surface area contributed by atoms with E-state index >= 15 is 0 Å². The minimum atomic E-state index is -0.525. The molecule has 0 fully saturated rings. The minimum Gasteiger partial charge on any atom is -0.380 e. The Hall–Kier alpha value is -3.73. The van der Waals surface area contributed by atoms with Gasteiger partial charge in [-0.25, -0.2) is 9.67 Å². The van der Waals surface area contributed by atoms with Crippen molar-refractivity contribution in [2.75, 3.05) is 5.32 Å². The van der Waals surface area contributed by atoms with E-state index in [-0.39, 0.29) is 11.3 Å². The van der Waals surface area contributed by atoms with Crippen LogP contribution in [0.15, 0.2) is 55.0 Å². The molecule has 0 aliphatic carbocycles. The molecule has 1 N–H and O–H groups in total. The highest BCUT2D eigenvalue weighted by atomic mass is 16.6. The molecule has 0 aliphatic rings. The predicted molar refractivity (Wildman–Crippen MR) is 86.5 cm³/mol. The first-order valence-corrected chi connectivity index (χ1v) is 7.05. The number of nitrogens with zero attached hydrogens (tertiary/aromatic N) is 5. The number of benzene rings is 1. The van der Waals surface area contributed by atoms with E-state index in [0.717, 1.165) is 5.56 Å². The van der Waals surface area contributed by atoms with Gasteiger partial charge in [0.15, 0.2) is 5.82 Å². The van der Waals surface area contributed by atoms with Crippen molar-refractivity contribution < 1.29 is 4.92 Å². The first kappa shape index (κ1) is 15.2. The van der Waals surface area contributed by atoms with Crippen molar-refractivity contribution in [2.45, 2.75) is 6.54 Å². The van der Waals surface area contributed by atoms with Crippen LogP contribution in [0, 0.1) is 21.4 Å². The van der Waals surface area contributed by atoms with Gasteiger partial charge >= 0.3 is 0 Å². The number of pyridine rings is 1. The molecule has 3 aromatic rings. The quantitative estimate of drug-likeness (QED) is 0.571. The zero-order valence-corrected chi connectivity index (χ0v) is 12.5. The van der Waals surface area contributed by atoms with E-state index in [0.29, 0.717) is 18.1 Å². The number of anilines is 1. The molecule has 0 amide bonds. The van der Waals surface area contributed by atoms with Crippen LogP contribution in [-0.2, 0) is 6.54 Å². The van der Waals surface area contributed by atoms with Gasteiger partial charge in [0.05, 0.1) is 16.2 Å². The van der Waals surface area contributed by atoms with Crippen molar-refractivity contribution in [3.63, 3.8) is 0 Å². The van der Waals surface area contributed by atoms with Crippen LogP contribution in [0.2, 0.25) is 0 Å². The molecule has 0 saturated heterocycles. The van der Waals surface area contributed by atoms with E-state index in [2.05, 4.69) is 15.4 Å². The van der Waals surface area contributed by atoms with E-state index in [1.165, 1.54) is 18.2 Å². The van der Waals surface area contributed by atoms with Gasteiger partial charge in [-0.05, 0) is 23.8 Å². The molecule has 0 atom stereocenters. The summed E-state index contributed by atoms with van der Waals surface area (Å²) in [7, 11) is 0. The third kappa shape index (κ3) is 3.20. The number of nitriles is 1. The number of non-ortho nitro benzene ring substituents is 1. The predicted octanol–water partition coefficient (Wildman–Crippen LogP) is 2.66. The largest absolute Gasteiger partial charge is 0.380 e. The van der Waals surface area contributed by atoms with E-state index in [1.807, 2.05) is 24.3 Å². The molecule has 0 radical (unpaired) electrons. The fourth-order valence-electron chi connectivity index (χ4n) is 2.15. The standard InChI is InChI=1S/C16H12N6O2/c17-9-13-8-14(22(23)24)3-4-15(13)18-10-12-2-5-16(19-11-12)21-7-1-6-20-21/h1-8,11,18H,10H2. The summed E-state index contributed by atoms with van der Waals surface area (Å²) in [5.74, 6) is 0.705. The number of nitrogens with one attached hydrogen (secondary N) is 1. The summed E-state index contributed by atoms with van der Waals surface area (Å²) >= 11 is 0. The third-order valence-electron chi connectivity index (χ3n) is 3.37. The zero-order valence-electron chi connectivity index (χ0n) is 12.5. The summed E-state index contributed by atoms with van der Waals surface area (Å²) in [6.07, 6.45) is 5.19. The van der Waals surface area contributed by atoms with Gasteiger partial charge in [-0.3, -0.25) is 10.1 Å². The molecule has 24 heavy (non-hydrogen) atoms. The van der Waals surface area contributed by atoms with Crippen LogP contribution in [0.4, 0.5) is 11.4 Å². The van der Waals surface area contributed by atoms with Crippen molar-refractivity contribution in [1.29, 1.82) is 5.26 Å². The van der Waals surface area contributed by atoms with Gasteiger partial charge in [0.25, 0.3) is 5.69 Å². The van der Waals surface area contributed by atoms with Crippen LogP contribution < -0.4 is 5.32 Å². The molecule has 0 aliphatic heterocycles. The Balaban J connectivity index is 1.72. The second kappa shape index (κ2) is 6.58. The third-order valence-corrected chi connectivity index (χ3v) is 3.37. The Morgan fingerprint density at radius 2 is 2.21 bits per heavy atom. The Morgan fingerprint density at radius 1 is 1.33 bits per heavy atom. The molecule has 8 nitrogen and oxygen atoms in total. The normalized spacial score (nSPS) is 10.1. The van der Waals surface area contributed by atoms with E-state index in [4.69, 9.17) is 5.26 Å². The van der Waals surface area contributed by atoms with Gasteiger partial charge in [-0.1, -0.05) is 6.07 Å². The Kier molecular flexibility index (Phi) is 4.16. The zero-order chi connectivity index (χ0) is 16.9. The molecular weight excluding hydrogens is 308 g/mol. The summed E-state index contributed by atoms with van der Waals surface area (Å²) in [4.78, 5) is 14.5. The second-order valence-electron chi connectivity index (χ2n) is 4.93. The van der Waals surface area contributed by atoms with Crippen molar-refractivity contribution in [2.24, 2.45) is 0 Å². The maximum absolute atomic E-state index is 10.7. The number of aromatic nitrogens is 3. The van der Waals surface area contributed by atoms with E-state index in [9.17, 15) is 10.1 Å². The number of hydrogen-bond acceptors (Lipinski definition) is 6. The van der Waals surface area contributed by atoms with E-state index in [1.54, 1.807) is 23.3 Å². The average molecular weight is 320 g/mol. The highest BCUT2D eigenvalue weighted by Crippen LogP contribution is 2.22. The lowest BCUT2D eigenvalue weighted by atomic mass is 10.1. The highest BCUT2D eigenvalue weighted by molar-refractivity contribution is 5.61. The van der Waals surface area contributed by atoms with E-state index < -0.39 is 4.92 Å². The van der Waals surface area contributed by atoms with Gasteiger partial charge in [-0.2, -0.15) is 10.4 Å². The average Bonchev–Trinajstić information content (AvgIpc) is 3.14.